The lowest BCUT2D eigenvalue weighted by Crippen LogP contribution is -2.52. The highest BCUT2D eigenvalue weighted by atomic mass is 35.5. The Hall–Kier alpha value is -2.00. The Kier molecular flexibility index (Phi) is 11.1. The van der Waals surface area contributed by atoms with Gasteiger partial charge in [0.1, 0.15) is 12.6 Å². The van der Waals surface area contributed by atoms with Crippen LogP contribution in [0.5, 0.6) is 0 Å². The molecule has 2 aromatic carbocycles. The minimum Gasteiger partial charge on any atom is -0.354 e. The van der Waals surface area contributed by atoms with Gasteiger partial charge in [-0.2, -0.15) is 0 Å². The van der Waals surface area contributed by atoms with E-state index in [2.05, 4.69) is 5.32 Å². The second-order valence-electron chi connectivity index (χ2n) is 8.08. The minimum atomic E-state index is -3.89. The number of hydrogen-bond acceptors (Lipinski definition) is 4. The number of anilines is 1. The van der Waals surface area contributed by atoms with Crippen LogP contribution in [0.25, 0.3) is 0 Å². The van der Waals surface area contributed by atoms with Gasteiger partial charge in [-0.3, -0.25) is 13.9 Å². The predicted octanol–water partition coefficient (Wildman–Crippen LogP) is 5.14. The molecule has 0 heterocycles. The average molecular weight is 563 g/mol. The molecule has 0 aliphatic rings. The van der Waals surface area contributed by atoms with Crippen LogP contribution < -0.4 is 9.62 Å². The van der Waals surface area contributed by atoms with Gasteiger partial charge < -0.3 is 10.2 Å². The fourth-order valence-corrected chi connectivity index (χ4v) is 5.04. The number of benzene rings is 2. The summed E-state index contributed by atoms with van der Waals surface area (Å²) in [7, 11) is -3.89. The number of unbranched alkanes of at least 4 members (excludes halogenated alkanes) is 1. The number of sulfonamides is 1. The number of hydrogen-bond donors (Lipinski definition) is 1. The van der Waals surface area contributed by atoms with E-state index in [9.17, 15) is 18.0 Å². The summed E-state index contributed by atoms with van der Waals surface area (Å²) in [6.45, 7) is 3.87. The summed E-state index contributed by atoms with van der Waals surface area (Å²) in [5.74, 6) is -0.840. The molecule has 7 nitrogen and oxygen atoms in total. The normalized spacial score (nSPS) is 12.2. The first-order valence-electron chi connectivity index (χ1n) is 11.2. The van der Waals surface area contributed by atoms with Crippen molar-refractivity contribution in [1.82, 2.24) is 10.2 Å². The first-order chi connectivity index (χ1) is 16.5. The zero-order valence-electron chi connectivity index (χ0n) is 19.9. The molecule has 0 saturated carbocycles. The number of nitrogens with one attached hydrogen (secondary N) is 1. The van der Waals surface area contributed by atoms with Crippen LogP contribution in [-0.4, -0.2) is 50.5 Å². The van der Waals surface area contributed by atoms with Gasteiger partial charge in [0.25, 0.3) is 0 Å². The molecule has 2 aromatic rings. The molecule has 0 saturated heterocycles. The first-order valence-corrected chi connectivity index (χ1v) is 14.2. The summed E-state index contributed by atoms with van der Waals surface area (Å²) >= 11 is 18.2. The van der Waals surface area contributed by atoms with Crippen molar-refractivity contribution < 1.29 is 18.0 Å². The molecule has 192 valence electrons. The quantitative estimate of drug-likeness (QED) is 0.363. The van der Waals surface area contributed by atoms with Gasteiger partial charge in [-0.25, -0.2) is 8.42 Å². The van der Waals surface area contributed by atoms with Crippen LogP contribution in [0.3, 0.4) is 0 Å². The van der Waals surface area contributed by atoms with Crippen LogP contribution in [0, 0.1) is 0 Å². The Bertz CT molecular complexity index is 1130. The molecule has 0 unspecified atom stereocenters. The molecule has 0 radical (unpaired) electrons. The Morgan fingerprint density at radius 3 is 2.17 bits per heavy atom. The third kappa shape index (κ3) is 8.56. The zero-order chi connectivity index (χ0) is 26.2. The maximum absolute atomic E-state index is 13.6. The van der Waals surface area contributed by atoms with Crippen molar-refractivity contribution in [2.45, 2.75) is 45.7 Å². The van der Waals surface area contributed by atoms with Crippen LogP contribution in [-0.2, 0) is 26.2 Å². The second kappa shape index (κ2) is 13.3. The summed E-state index contributed by atoms with van der Waals surface area (Å²) in [5, 5.41) is 3.83. The fourth-order valence-electron chi connectivity index (χ4n) is 3.49. The topological polar surface area (TPSA) is 86.8 Å². The molecule has 35 heavy (non-hydrogen) atoms. The lowest BCUT2D eigenvalue weighted by Gasteiger charge is -2.33. The third-order valence-corrected chi connectivity index (χ3v) is 7.26. The van der Waals surface area contributed by atoms with Gasteiger partial charge in [0.15, 0.2) is 0 Å². The molecule has 11 heteroatoms. The Morgan fingerprint density at radius 1 is 1.00 bits per heavy atom. The van der Waals surface area contributed by atoms with E-state index in [1.54, 1.807) is 31.2 Å². The Balaban J connectivity index is 2.42. The molecule has 0 aliphatic carbocycles. The monoisotopic (exact) mass is 561 g/mol. The van der Waals surface area contributed by atoms with Crippen LogP contribution in [0.1, 0.15) is 38.7 Å². The fraction of sp³-hybridized carbons (Fsp3) is 0.417. The molecule has 0 spiro atoms. The van der Waals surface area contributed by atoms with Crippen LogP contribution in [0.2, 0.25) is 15.1 Å². The Labute approximate surface area is 222 Å². The van der Waals surface area contributed by atoms with E-state index in [0.717, 1.165) is 29.0 Å². The van der Waals surface area contributed by atoms with Crippen molar-refractivity contribution in [3.05, 3.63) is 63.1 Å². The van der Waals surface area contributed by atoms with Gasteiger partial charge in [-0.05, 0) is 48.7 Å². The number of nitrogens with zero attached hydrogens (tertiary/aromatic N) is 2. The van der Waals surface area contributed by atoms with Gasteiger partial charge in [0, 0.05) is 23.1 Å². The van der Waals surface area contributed by atoms with Crippen molar-refractivity contribution in [2.24, 2.45) is 0 Å². The van der Waals surface area contributed by atoms with Crippen molar-refractivity contribution in [1.29, 1.82) is 0 Å². The molecule has 1 atom stereocenters. The van der Waals surface area contributed by atoms with E-state index in [1.807, 2.05) is 6.92 Å². The van der Waals surface area contributed by atoms with Crippen molar-refractivity contribution in [3.8, 4) is 0 Å². The molecule has 0 fully saturated rings. The number of carbonyl (C=O) groups is 2. The van der Waals surface area contributed by atoms with E-state index < -0.39 is 28.5 Å². The highest BCUT2D eigenvalue weighted by Gasteiger charge is 2.32. The van der Waals surface area contributed by atoms with E-state index in [-0.39, 0.29) is 23.2 Å². The van der Waals surface area contributed by atoms with E-state index in [0.29, 0.717) is 23.0 Å². The molecule has 1 N–H and O–H groups in total. The molecule has 0 aliphatic heterocycles. The van der Waals surface area contributed by atoms with Gasteiger partial charge >= 0.3 is 0 Å². The molecule has 2 rings (SSSR count). The van der Waals surface area contributed by atoms with Gasteiger partial charge in [0.05, 0.1) is 17.0 Å². The maximum Gasteiger partial charge on any atom is 0.244 e. The SMILES string of the molecule is CCCCNC(=O)[C@@H](CC)N(Cc1ccc(Cl)cc1)C(=O)CN(c1ccc(Cl)cc1Cl)S(C)(=O)=O. The molecule has 0 aromatic heterocycles. The zero-order valence-corrected chi connectivity index (χ0v) is 23.0. The highest BCUT2D eigenvalue weighted by Crippen LogP contribution is 2.30. The molecule has 2 amide bonds. The number of halogens is 3. The molecular weight excluding hydrogens is 533 g/mol. The average Bonchev–Trinajstić information content (AvgIpc) is 2.78. The maximum atomic E-state index is 13.6. The lowest BCUT2D eigenvalue weighted by molar-refractivity contribution is -0.140. The molecular formula is C24H30Cl3N3O4S. The first kappa shape index (κ1) is 29.2. The Morgan fingerprint density at radius 2 is 1.63 bits per heavy atom. The van der Waals surface area contributed by atoms with Crippen molar-refractivity contribution >= 4 is 62.3 Å². The van der Waals surface area contributed by atoms with Crippen molar-refractivity contribution in [2.75, 3.05) is 23.7 Å². The summed E-state index contributed by atoms with van der Waals surface area (Å²) in [6.07, 6.45) is 3.06. The second-order valence-corrected chi connectivity index (χ2v) is 11.3. The van der Waals surface area contributed by atoms with Crippen molar-refractivity contribution in [3.63, 3.8) is 0 Å². The summed E-state index contributed by atoms with van der Waals surface area (Å²) in [5.41, 5.74) is 0.872. The number of carbonyl (C=O) groups excluding carboxylic acids is 2. The minimum absolute atomic E-state index is 0.0873. The van der Waals surface area contributed by atoms with Crippen LogP contribution in [0.15, 0.2) is 42.5 Å². The molecule has 0 bridgehead atoms. The summed E-state index contributed by atoms with van der Waals surface area (Å²) < 4.78 is 26.2. The highest BCUT2D eigenvalue weighted by molar-refractivity contribution is 7.92. The van der Waals surface area contributed by atoms with Crippen LogP contribution >= 0.6 is 34.8 Å². The lowest BCUT2D eigenvalue weighted by atomic mass is 10.1. The summed E-state index contributed by atoms with van der Waals surface area (Å²) in [6, 6.07) is 10.4. The smallest absolute Gasteiger partial charge is 0.244 e. The standard InChI is InChI=1S/C24H30Cl3N3O4S/c1-4-6-13-28-24(32)21(5-2)29(15-17-7-9-18(25)10-8-17)23(31)16-30(35(3,33)34)22-12-11-19(26)14-20(22)27/h7-12,14,21H,4-6,13,15-16H2,1-3H3,(H,28,32)/t21-/m1/s1. The van der Waals surface area contributed by atoms with Gasteiger partial charge in [-0.1, -0.05) is 67.2 Å². The number of amides is 2. The third-order valence-electron chi connectivity index (χ3n) is 5.34. The van der Waals surface area contributed by atoms with E-state index in [4.69, 9.17) is 34.8 Å². The summed E-state index contributed by atoms with van der Waals surface area (Å²) in [4.78, 5) is 28.0. The van der Waals surface area contributed by atoms with E-state index in [1.165, 1.54) is 23.1 Å². The largest absolute Gasteiger partial charge is 0.354 e. The van der Waals surface area contributed by atoms with E-state index >= 15 is 0 Å². The van der Waals surface area contributed by atoms with Gasteiger partial charge in [0.2, 0.25) is 21.8 Å². The van der Waals surface area contributed by atoms with Gasteiger partial charge in [-0.15, -0.1) is 0 Å². The van der Waals surface area contributed by atoms with Crippen LogP contribution in [0.4, 0.5) is 5.69 Å². The number of rotatable bonds is 12. The predicted molar refractivity (Wildman–Crippen MR) is 143 cm³/mol.